The van der Waals surface area contributed by atoms with Crippen molar-refractivity contribution in [2.24, 2.45) is 5.73 Å². The van der Waals surface area contributed by atoms with E-state index in [9.17, 15) is 18.4 Å². The Balaban J connectivity index is 1.61. The van der Waals surface area contributed by atoms with Gasteiger partial charge in [0.2, 0.25) is 0 Å². The zero-order valence-corrected chi connectivity index (χ0v) is 19.8. The van der Waals surface area contributed by atoms with Gasteiger partial charge in [-0.15, -0.1) is 0 Å². The molecule has 2 atom stereocenters. The van der Waals surface area contributed by atoms with Crippen LogP contribution in [0.15, 0.2) is 66.7 Å². The molecule has 0 bridgehead atoms. The van der Waals surface area contributed by atoms with Crippen molar-refractivity contribution in [2.75, 3.05) is 5.32 Å². The molecule has 182 valence electrons. The molecule has 3 aromatic carbocycles. The van der Waals surface area contributed by atoms with Crippen LogP contribution in [0.1, 0.15) is 52.0 Å². The SMILES string of the molecule is NC1CCCCC1N(Cc1cc(NC(=O)c2cc(F)cc(F)c2)ccc1Cl)C(=O)c1ccccc1. The Hall–Kier alpha value is -3.29. The summed E-state index contributed by atoms with van der Waals surface area (Å²) in [6.45, 7) is 0.198. The highest BCUT2D eigenvalue weighted by molar-refractivity contribution is 6.31. The third kappa shape index (κ3) is 6.05. The summed E-state index contributed by atoms with van der Waals surface area (Å²) in [6.07, 6.45) is 3.62. The molecule has 1 aliphatic rings. The zero-order chi connectivity index (χ0) is 24.9. The number of carbonyl (C=O) groups is 2. The van der Waals surface area contributed by atoms with E-state index in [1.54, 1.807) is 35.2 Å². The van der Waals surface area contributed by atoms with E-state index >= 15 is 0 Å². The van der Waals surface area contributed by atoms with Crippen molar-refractivity contribution in [3.8, 4) is 0 Å². The Kier molecular flexibility index (Phi) is 7.78. The predicted octanol–water partition coefficient (Wildman–Crippen LogP) is 5.78. The van der Waals surface area contributed by atoms with Crippen LogP contribution in [0, 0.1) is 11.6 Å². The zero-order valence-electron chi connectivity index (χ0n) is 19.0. The topological polar surface area (TPSA) is 75.4 Å². The van der Waals surface area contributed by atoms with E-state index in [1.807, 2.05) is 18.2 Å². The lowest BCUT2D eigenvalue weighted by atomic mass is 9.89. The highest BCUT2D eigenvalue weighted by Gasteiger charge is 2.32. The van der Waals surface area contributed by atoms with Crippen molar-refractivity contribution >= 4 is 29.1 Å². The summed E-state index contributed by atoms with van der Waals surface area (Å²) in [4.78, 5) is 27.8. The first-order valence-electron chi connectivity index (χ1n) is 11.5. The van der Waals surface area contributed by atoms with Gasteiger partial charge in [-0.3, -0.25) is 9.59 Å². The first-order valence-corrected chi connectivity index (χ1v) is 11.9. The van der Waals surface area contributed by atoms with Crippen LogP contribution >= 0.6 is 11.6 Å². The molecule has 2 unspecified atom stereocenters. The van der Waals surface area contributed by atoms with E-state index in [4.69, 9.17) is 17.3 Å². The molecule has 5 nitrogen and oxygen atoms in total. The summed E-state index contributed by atoms with van der Waals surface area (Å²) < 4.78 is 27.1. The number of amides is 2. The summed E-state index contributed by atoms with van der Waals surface area (Å²) in [6, 6.07) is 16.2. The van der Waals surface area contributed by atoms with Gasteiger partial charge in [-0.05, 0) is 60.9 Å². The van der Waals surface area contributed by atoms with Gasteiger partial charge in [0.1, 0.15) is 11.6 Å². The normalized spacial score (nSPS) is 17.6. The van der Waals surface area contributed by atoms with E-state index in [0.717, 1.165) is 37.8 Å². The Bertz CT molecular complexity index is 1200. The lowest BCUT2D eigenvalue weighted by Crippen LogP contribution is -2.51. The lowest BCUT2D eigenvalue weighted by molar-refractivity contribution is 0.0583. The van der Waals surface area contributed by atoms with Crippen molar-refractivity contribution in [2.45, 2.75) is 44.3 Å². The number of rotatable bonds is 6. The molecule has 3 N–H and O–H groups in total. The number of hydrogen-bond donors (Lipinski definition) is 2. The van der Waals surface area contributed by atoms with Gasteiger partial charge in [-0.25, -0.2) is 8.78 Å². The lowest BCUT2D eigenvalue weighted by Gasteiger charge is -2.38. The Morgan fingerprint density at radius 2 is 1.63 bits per heavy atom. The van der Waals surface area contributed by atoms with Crippen LogP contribution in [0.4, 0.5) is 14.5 Å². The number of hydrogen-bond acceptors (Lipinski definition) is 3. The summed E-state index contributed by atoms with van der Waals surface area (Å²) in [7, 11) is 0. The minimum atomic E-state index is -0.842. The van der Waals surface area contributed by atoms with Gasteiger partial charge in [0.05, 0.1) is 0 Å². The number of benzene rings is 3. The summed E-state index contributed by atoms with van der Waals surface area (Å²) in [5.74, 6) is -2.49. The van der Waals surface area contributed by atoms with Crippen LogP contribution < -0.4 is 11.1 Å². The monoisotopic (exact) mass is 497 g/mol. The summed E-state index contributed by atoms with van der Waals surface area (Å²) >= 11 is 6.48. The van der Waals surface area contributed by atoms with Crippen molar-refractivity contribution in [3.63, 3.8) is 0 Å². The largest absolute Gasteiger partial charge is 0.330 e. The Morgan fingerprint density at radius 3 is 2.31 bits per heavy atom. The van der Waals surface area contributed by atoms with Crippen molar-refractivity contribution in [1.29, 1.82) is 0 Å². The van der Waals surface area contributed by atoms with Gasteiger partial charge in [0.25, 0.3) is 11.8 Å². The van der Waals surface area contributed by atoms with Crippen molar-refractivity contribution < 1.29 is 18.4 Å². The van der Waals surface area contributed by atoms with E-state index in [1.165, 1.54) is 0 Å². The molecule has 3 aromatic rings. The molecule has 4 rings (SSSR count). The van der Waals surface area contributed by atoms with Crippen LogP contribution in [0.25, 0.3) is 0 Å². The molecule has 0 saturated heterocycles. The van der Waals surface area contributed by atoms with Crippen LogP contribution in [0.3, 0.4) is 0 Å². The van der Waals surface area contributed by atoms with E-state index in [2.05, 4.69) is 5.32 Å². The first-order chi connectivity index (χ1) is 16.8. The summed E-state index contributed by atoms with van der Waals surface area (Å²) in [5, 5.41) is 3.07. The number of carbonyl (C=O) groups excluding carboxylic acids is 2. The fourth-order valence-corrected chi connectivity index (χ4v) is 4.64. The maximum Gasteiger partial charge on any atom is 0.255 e. The first kappa shape index (κ1) is 24.8. The van der Waals surface area contributed by atoms with Gasteiger partial charge in [0, 0.05) is 46.5 Å². The number of anilines is 1. The second-order valence-corrected chi connectivity index (χ2v) is 9.14. The Morgan fingerprint density at radius 1 is 0.943 bits per heavy atom. The Labute approximate surface area is 207 Å². The number of halogens is 3. The molecule has 1 aliphatic carbocycles. The van der Waals surface area contributed by atoms with E-state index in [-0.39, 0.29) is 30.1 Å². The fourth-order valence-electron chi connectivity index (χ4n) is 4.46. The molecule has 35 heavy (non-hydrogen) atoms. The van der Waals surface area contributed by atoms with Gasteiger partial charge >= 0.3 is 0 Å². The molecule has 0 heterocycles. The van der Waals surface area contributed by atoms with Gasteiger partial charge in [0.15, 0.2) is 0 Å². The molecular weight excluding hydrogens is 472 g/mol. The third-order valence-electron chi connectivity index (χ3n) is 6.23. The second-order valence-electron chi connectivity index (χ2n) is 8.73. The molecule has 0 radical (unpaired) electrons. The number of nitrogens with one attached hydrogen (secondary N) is 1. The van der Waals surface area contributed by atoms with Crippen LogP contribution in [0.5, 0.6) is 0 Å². The number of nitrogens with zero attached hydrogens (tertiary/aromatic N) is 1. The molecule has 0 aliphatic heterocycles. The van der Waals surface area contributed by atoms with Crippen molar-refractivity contribution in [1.82, 2.24) is 4.90 Å². The molecule has 2 amide bonds. The molecule has 8 heteroatoms. The second kappa shape index (κ2) is 11.0. The van der Waals surface area contributed by atoms with Gasteiger partial charge in [-0.1, -0.05) is 42.6 Å². The predicted molar refractivity (Wildman–Crippen MR) is 132 cm³/mol. The van der Waals surface area contributed by atoms with Crippen LogP contribution in [0.2, 0.25) is 5.02 Å². The highest BCUT2D eigenvalue weighted by Crippen LogP contribution is 2.29. The maximum absolute atomic E-state index is 13.5. The average Bonchev–Trinajstić information content (AvgIpc) is 2.84. The van der Waals surface area contributed by atoms with Gasteiger partial charge < -0.3 is 16.0 Å². The van der Waals surface area contributed by atoms with E-state index in [0.29, 0.717) is 27.9 Å². The quantitative estimate of drug-likeness (QED) is 0.453. The van der Waals surface area contributed by atoms with Crippen molar-refractivity contribution in [3.05, 3.63) is 100 Å². The molecule has 1 saturated carbocycles. The minimum Gasteiger partial charge on any atom is -0.330 e. The molecular formula is C27H26ClF2N3O2. The maximum atomic E-state index is 13.5. The molecule has 1 fully saturated rings. The highest BCUT2D eigenvalue weighted by atomic mass is 35.5. The standard InChI is InChI=1S/C27H26ClF2N3O2/c28-23-11-10-22(32-26(34)18-12-20(29)15-21(30)13-18)14-19(23)16-33(25-9-5-4-8-24(25)31)27(35)17-6-2-1-3-7-17/h1-3,6-7,10-15,24-25H,4-5,8-9,16,31H2,(H,32,34). The third-order valence-corrected chi connectivity index (χ3v) is 6.60. The molecule has 0 aromatic heterocycles. The fraction of sp³-hybridized carbons (Fsp3) is 0.259. The van der Waals surface area contributed by atoms with Gasteiger partial charge in [-0.2, -0.15) is 0 Å². The molecule has 0 spiro atoms. The van der Waals surface area contributed by atoms with Crippen LogP contribution in [-0.2, 0) is 6.54 Å². The number of nitrogens with two attached hydrogens (primary N) is 1. The smallest absolute Gasteiger partial charge is 0.255 e. The van der Waals surface area contributed by atoms with E-state index < -0.39 is 17.5 Å². The van der Waals surface area contributed by atoms with Crippen LogP contribution in [-0.4, -0.2) is 28.8 Å². The minimum absolute atomic E-state index is 0.145. The summed E-state index contributed by atoms with van der Waals surface area (Å²) in [5.41, 5.74) is 7.85. The average molecular weight is 498 g/mol.